The van der Waals surface area contributed by atoms with Gasteiger partial charge in [-0.3, -0.25) is 9.52 Å². The van der Waals surface area contributed by atoms with E-state index < -0.39 is 10.0 Å². The first-order valence-corrected chi connectivity index (χ1v) is 9.80. The molecule has 0 fully saturated rings. The number of carbonyl (C=O) groups excluding carboxylic acids is 1. The second kappa shape index (κ2) is 8.41. The lowest BCUT2D eigenvalue weighted by Gasteiger charge is -2.12. The number of rotatable bonds is 7. The van der Waals surface area contributed by atoms with E-state index in [2.05, 4.69) is 20.7 Å². The molecule has 2 aromatic carbocycles. The van der Waals surface area contributed by atoms with Crippen LogP contribution in [0.1, 0.15) is 0 Å². The van der Waals surface area contributed by atoms with Gasteiger partial charge in [-0.05, 0) is 58.4 Å². The average Bonchev–Trinajstić information content (AvgIpc) is 2.60. The smallest absolute Gasteiger partial charge is 0.261 e. The number of halogens is 1. The number of carbonyl (C=O) groups is 1. The minimum atomic E-state index is -3.75. The number of nitrogens with zero attached hydrogens (tertiary/aromatic N) is 1. The Hall–Kier alpha value is -2.26. The van der Waals surface area contributed by atoms with E-state index in [-0.39, 0.29) is 17.4 Å². The van der Waals surface area contributed by atoms with Crippen molar-refractivity contribution in [1.29, 1.82) is 0 Å². The summed E-state index contributed by atoms with van der Waals surface area (Å²) < 4.78 is 38.4. The summed E-state index contributed by atoms with van der Waals surface area (Å²) in [5.41, 5.74) is 0.378. The van der Waals surface area contributed by atoms with Crippen LogP contribution in [0.4, 0.5) is 5.69 Å². The molecular weight excluding hydrogens is 424 g/mol. The fourth-order valence-electron chi connectivity index (χ4n) is 1.92. The second-order valence-electron chi connectivity index (χ2n) is 5.50. The van der Waals surface area contributed by atoms with E-state index in [0.29, 0.717) is 21.7 Å². The Morgan fingerprint density at radius 3 is 2.35 bits per heavy atom. The molecule has 0 saturated heterocycles. The number of ether oxygens (including phenoxy) is 2. The van der Waals surface area contributed by atoms with Crippen LogP contribution in [-0.2, 0) is 14.8 Å². The van der Waals surface area contributed by atoms with Crippen molar-refractivity contribution in [3.05, 3.63) is 46.9 Å². The van der Waals surface area contributed by atoms with Crippen LogP contribution in [0.3, 0.4) is 0 Å². The highest BCUT2D eigenvalue weighted by Crippen LogP contribution is 2.28. The largest absolute Gasteiger partial charge is 0.496 e. The van der Waals surface area contributed by atoms with Gasteiger partial charge in [0.2, 0.25) is 0 Å². The SMILES string of the molecule is COc1ccc(S(=O)(=O)Nc2ccc(OCC(=O)N(C)C)cc2)cc1Br. The molecule has 0 unspecified atom stereocenters. The van der Waals surface area contributed by atoms with E-state index in [1.165, 1.54) is 24.1 Å². The van der Waals surface area contributed by atoms with E-state index in [9.17, 15) is 13.2 Å². The fraction of sp³-hybridized carbons (Fsp3) is 0.235. The second-order valence-corrected chi connectivity index (χ2v) is 8.04. The first-order valence-electron chi connectivity index (χ1n) is 7.52. The Balaban J connectivity index is 2.07. The van der Waals surface area contributed by atoms with E-state index in [1.54, 1.807) is 44.4 Å². The first-order chi connectivity index (χ1) is 12.2. The predicted octanol–water partition coefficient (Wildman–Crippen LogP) is 2.73. The number of amides is 1. The van der Waals surface area contributed by atoms with Crippen LogP contribution in [0.5, 0.6) is 11.5 Å². The molecule has 140 valence electrons. The molecule has 0 atom stereocenters. The minimum absolute atomic E-state index is 0.0854. The number of methoxy groups -OCH3 is 1. The summed E-state index contributed by atoms with van der Waals surface area (Å²) in [5.74, 6) is 0.841. The number of sulfonamides is 1. The molecule has 0 aromatic heterocycles. The summed E-state index contributed by atoms with van der Waals surface area (Å²) in [4.78, 5) is 13.0. The van der Waals surface area contributed by atoms with Crippen LogP contribution in [-0.4, -0.2) is 47.0 Å². The van der Waals surface area contributed by atoms with Crippen LogP contribution >= 0.6 is 15.9 Å². The van der Waals surface area contributed by atoms with Gasteiger partial charge < -0.3 is 14.4 Å². The van der Waals surface area contributed by atoms with Gasteiger partial charge in [0.25, 0.3) is 15.9 Å². The van der Waals surface area contributed by atoms with Crippen LogP contribution < -0.4 is 14.2 Å². The van der Waals surface area contributed by atoms with Crippen molar-refractivity contribution in [3.63, 3.8) is 0 Å². The van der Waals surface area contributed by atoms with Crippen molar-refractivity contribution in [2.45, 2.75) is 4.90 Å². The Kier molecular flexibility index (Phi) is 6.49. The Morgan fingerprint density at radius 1 is 1.15 bits per heavy atom. The average molecular weight is 443 g/mol. The quantitative estimate of drug-likeness (QED) is 0.712. The fourth-order valence-corrected chi connectivity index (χ4v) is 3.70. The van der Waals surface area contributed by atoms with Gasteiger partial charge >= 0.3 is 0 Å². The van der Waals surface area contributed by atoms with E-state index in [0.717, 1.165) is 0 Å². The van der Waals surface area contributed by atoms with Gasteiger partial charge in [0.15, 0.2) is 6.61 Å². The Labute approximate surface area is 161 Å². The van der Waals surface area contributed by atoms with Gasteiger partial charge in [-0.1, -0.05) is 0 Å². The third kappa shape index (κ3) is 5.12. The maximum absolute atomic E-state index is 12.5. The molecule has 0 aliphatic rings. The molecule has 1 N–H and O–H groups in total. The molecule has 0 bridgehead atoms. The Bertz CT molecular complexity index is 883. The van der Waals surface area contributed by atoms with Gasteiger partial charge in [0, 0.05) is 19.8 Å². The van der Waals surface area contributed by atoms with Crippen molar-refractivity contribution < 1.29 is 22.7 Å². The number of benzene rings is 2. The summed E-state index contributed by atoms with van der Waals surface area (Å²) in [6.07, 6.45) is 0. The van der Waals surface area contributed by atoms with Crippen molar-refractivity contribution in [1.82, 2.24) is 4.90 Å². The molecule has 0 aliphatic carbocycles. The first kappa shape index (κ1) is 20.1. The summed E-state index contributed by atoms with van der Waals surface area (Å²) >= 11 is 3.27. The highest BCUT2D eigenvalue weighted by molar-refractivity contribution is 9.10. The molecule has 9 heteroatoms. The molecule has 26 heavy (non-hydrogen) atoms. The molecule has 7 nitrogen and oxygen atoms in total. The summed E-state index contributed by atoms with van der Waals surface area (Å²) in [7, 11) is 1.03. The number of hydrogen-bond donors (Lipinski definition) is 1. The van der Waals surface area contributed by atoms with Crippen molar-refractivity contribution in [2.75, 3.05) is 32.5 Å². The molecule has 0 radical (unpaired) electrons. The zero-order valence-corrected chi connectivity index (χ0v) is 16.9. The molecule has 0 spiro atoms. The zero-order valence-electron chi connectivity index (χ0n) is 14.5. The van der Waals surface area contributed by atoms with Gasteiger partial charge in [0.1, 0.15) is 11.5 Å². The van der Waals surface area contributed by atoms with Gasteiger partial charge in [-0.15, -0.1) is 0 Å². The summed E-state index contributed by atoms with van der Waals surface area (Å²) in [6, 6.07) is 10.8. The molecular formula is C17H19BrN2O5S. The molecule has 0 aliphatic heterocycles. The van der Waals surface area contributed by atoms with Crippen LogP contribution in [0.15, 0.2) is 51.8 Å². The number of likely N-dealkylation sites (N-methyl/N-ethyl adjacent to an activating group) is 1. The Morgan fingerprint density at radius 2 is 1.81 bits per heavy atom. The molecule has 2 aromatic rings. The van der Waals surface area contributed by atoms with E-state index >= 15 is 0 Å². The van der Waals surface area contributed by atoms with Crippen molar-refractivity contribution >= 4 is 37.5 Å². The van der Waals surface area contributed by atoms with Gasteiger partial charge in [-0.2, -0.15) is 0 Å². The summed E-state index contributed by atoms with van der Waals surface area (Å²) in [6.45, 7) is -0.0854. The number of nitrogens with one attached hydrogen (secondary N) is 1. The highest BCUT2D eigenvalue weighted by atomic mass is 79.9. The van der Waals surface area contributed by atoms with Crippen molar-refractivity contribution in [2.24, 2.45) is 0 Å². The highest BCUT2D eigenvalue weighted by Gasteiger charge is 2.16. The summed E-state index contributed by atoms with van der Waals surface area (Å²) in [5, 5.41) is 0. The number of anilines is 1. The van der Waals surface area contributed by atoms with Crippen LogP contribution in [0.25, 0.3) is 0 Å². The topological polar surface area (TPSA) is 84.9 Å². The van der Waals surface area contributed by atoms with Crippen LogP contribution in [0, 0.1) is 0 Å². The van der Waals surface area contributed by atoms with E-state index in [4.69, 9.17) is 9.47 Å². The standard InChI is InChI=1S/C17H19BrN2O5S/c1-20(2)17(21)11-25-13-6-4-12(5-7-13)19-26(22,23)14-8-9-16(24-3)15(18)10-14/h4-10,19H,11H2,1-3H3. The lowest BCUT2D eigenvalue weighted by molar-refractivity contribution is -0.130. The minimum Gasteiger partial charge on any atom is -0.496 e. The molecule has 2 rings (SSSR count). The lowest BCUT2D eigenvalue weighted by atomic mass is 10.3. The maximum atomic E-state index is 12.5. The monoisotopic (exact) mass is 442 g/mol. The third-order valence-electron chi connectivity index (χ3n) is 3.40. The van der Waals surface area contributed by atoms with Crippen LogP contribution in [0.2, 0.25) is 0 Å². The maximum Gasteiger partial charge on any atom is 0.261 e. The molecule has 1 amide bonds. The van der Waals surface area contributed by atoms with E-state index in [1.807, 2.05) is 0 Å². The molecule has 0 heterocycles. The number of hydrogen-bond acceptors (Lipinski definition) is 5. The lowest BCUT2D eigenvalue weighted by Crippen LogP contribution is -2.27. The van der Waals surface area contributed by atoms with Crippen molar-refractivity contribution in [3.8, 4) is 11.5 Å². The zero-order chi connectivity index (χ0) is 19.3. The van der Waals surface area contributed by atoms with Gasteiger partial charge in [-0.25, -0.2) is 8.42 Å². The normalized spacial score (nSPS) is 10.9. The third-order valence-corrected chi connectivity index (χ3v) is 5.40. The predicted molar refractivity (Wildman–Crippen MR) is 102 cm³/mol. The molecule has 0 saturated carbocycles. The van der Waals surface area contributed by atoms with Gasteiger partial charge in [0.05, 0.1) is 16.5 Å².